The molecule has 0 unspecified atom stereocenters. The van der Waals surface area contributed by atoms with E-state index in [-0.39, 0.29) is 5.92 Å². The van der Waals surface area contributed by atoms with E-state index in [4.69, 9.17) is 22.3 Å². The van der Waals surface area contributed by atoms with Crippen molar-refractivity contribution in [1.82, 2.24) is 0 Å². The second-order valence-electron chi connectivity index (χ2n) is 5.66. The molecule has 0 spiro atoms. The maximum absolute atomic E-state index is 6.00. The van der Waals surface area contributed by atoms with Crippen LogP contribution in [0.15, 0.2) is 54.0 Å². The second kappa shape index (κ2) is 5.50. The van der Waals surface area contributed by atoms with Gasteiger partial charge in [-0.1, -0.05) is 32.0 Å². The highest BCUT2D eigenvalue weighted by atomic mass is 35.5. The van der Waals surface area contributed by atoms with Crippen LogP contribution in [0, 0.1) is 5.92 Å². The summed E-state index contributed by atoms with van der Waals surface area (Å²) in [6, 6.07) is 13.4. The monoisotopic (exact) mass is 311 g/mol. The Kier molecular flexibility index (Phi) is 3.67. The molecule has 4 heteroatoms. The van der Waals surface area contributed by atoms with E-state index < -0.39 is 0 Å². The first-order valence-corrected chi connectivity index (χ1v) is 7.58. The van der Waals surface area contributed by atoms with Crippen molar-refractivity contribution in [3.05, 3.63) is 59.6 Å². The molecule has 1 aliphatic rings. The van der Waals surface area contributed by atoms with Crippen molar-refractivity contribution in [1.29, 1.82) is 0 Å². The van der Waals surface area contributed by atoms with Gasteiger partial charge in [-0.3, -0.25) is 4.90 Å². The van der Waals surface area contributed by atoms with Crippen LogP contribution in [0.1, 0.15) is 19.4 Å². The van der Waals surface area contributed by atoms with E-state index in [1.165, 1.54) is 0 Å². The van der Waals surface area contributed by atoms with Gasteiger partial charge in [0, 0.05) is 33.6 Å². The molecule has 0 saturated heterocycles. The van der Waals surface area contributed by atoms with Crippen LogP contribution in [0.3, 0.4) is 0 Å². The normalized spacial score (nSPS) is 14.1. The first-order chi connectivity index (χ1) is 10.5. The summed E-state index contributed by atoms with van der Waals surface area (Å²) in [5.41, 5.74) is 10.4. The van der Waals surface area contributed by atoms with E-state index in [0.717, 1.165) is 28.5 Å². The molecule has 112 valence electrons. The van der Waals surface area contributed by atoms with Crippen molar-refractivity contribution < 1.29 is 0 Å². The molecule has 3 nitrogen and oxygen atoms in total. The number of benzene rings is 2. The Morgan fingerprint density at radius 3 is 2.45 bits per heavy atom. The van der Waals surface area contributed by atoms with Gasteiger partial charge in [-0.05, 0) is 42.5 Å². The first-order valence-electron chi connectivity index (χ1n) is 7.20. The fraction of sp³-hybridized carbons (Fsp3) is 0.167. The minimum atomic E-state index is 0.252. The molecular weight excluding hydrogens is 294 g/mol. The van der Waals surface area contributed by atoms with Crippen molar-refractivity contribution in [2.75, 3.05) is 10.6 Å². The average Bonchev–Trinajstić information content (AvgIpc) is 2.48. The highest BCUT2D eigenvalue weighted by Crippen LogP contribution is 2.38. The van der Waals surface area contributed by atoms with Crippen LogP contribution in [0.5, 0.6) is 0 Å². The Morgan fingerprint density at radius 1 is 1.14 bits per heavy atom. The van der Waals surface area contributed by atoms with E-state index in [2.05, 4.69) is 25.3 Å². The lowest BCUT2D eigenvalue weighted by atomic mass is 10.0. The third-order valence-electron chi connectivity index (χ3n) is 3.67. The van der Waals surface area contributed by atoms with Crippen LogP contribution < -0.4 is 10.6 Å². The van der Waals surface area contributed by atoms with Crippen molar-refractivity contribution in [3.8, 4) is 0 Å². The zero-order valence-electron chi connectivity index (χ0n) is 12.7. The van der Waals surface area contributed by atoms with Crippen LogP contribution in [-0.4, -0.2) is 5.84 Å². The largest absolute Gasteiger partial charge is 0.399 e. The molecule has 1 aliphatic heterocycles. The van der Waals surface area contributed by atoms with Gasteiger partial charge in [0.25, 0.3) is 0 Å². The molecule has 1 heterocycles. The van der Waals surface area contributed by atoms with Crippen molar-refractivity contribution >= 4 is 40.2 Å². The number of halogens is 1. The van der Waals surface area contributed by atoms with Crippen molar-refractivity contribution in [2.24, 2.45) is 10.9 Å². The standard InChI is InChI=1S/C18H18ClN3/c1-11(2)18-21-17-10-14(20)6-9-16(17)12(3)22(18)15-7-4-13(19)5-8-15/h4-11H,3,20H2,1-2H3. The van der Waals surface area contributed by atoms with Gasteiger partial charge in [0.05, 0.1) is 5.69 Å². The highest BCUT2D eigenvalue weighted by molar-refractivity contribution is 6.30. The molecule has 2 N–H and O–H groups in total. The third kappa shape index (κ3) is 2.48. The molecule has 0 bridgehead atoms. The van der Waals surface area contributed by atoms with Crippen LogP contribution >= 0.6 is 11.6 Å². The summed E-state index contributed by atoms with van der Waals surface area (Å²) >= 11 is 6.00. The molecule has 0 aliphatic carbocycles. The predicted octanol–water partition coefficient (Wildman–Crippen LogP) is 5.10. The number of nitrogens with zero attached hydrogens (tertiary/aromatic N) is 2. The lowest BCUT2D eigenvalue weighted by Gasteiger charge is -2.34. The fourth-order valence-corrected chi connectivity index (χ4v) is 2.71. The summed E-state index contributed by atoms with van der Waals surface area (Å²) in [5.74, 6) is 1.20. The molecule has 0 aromatic heterocycles. The molecular formula is C18H18ClN3. The number of anilines is 2. The molecule has 2 aromatic carbocycles. The number of nitrogen functional groups attached to an aromatic ring is 1. The Hall–Kier alpha value is -2.26. The summed E-state index contributed by atoms with van der Waals surface area (Å²) in [4.78, 5) is 6.89. The van der Waals surface area contributed by atoms with Crippen molar-refractivity contribution in [2.45, 2.75) is 13.8 Å². The summed E-state index contributed by atoms with van der Waals surface area (Å²) in [7, 11) is 0. The zero-order valence-corrected chi connectivity index (χ0v) is 13.4. The quantitative estimate of drug-likeness (QED) is 0.784. The van der Waals surface area contributed by atoms with E-state index in [9.17, 15) is 0 Å². The van der Waals surface area contributed by atoms with E-state index in [1.54, 1.807) is 0 Å². The molecule has 3 rings (SSSR count). The lowest BCUT2D eigenvalue weighted by molar-refractivity contribution is 0.863. The molecule has 0 fully saturated rings. The maximum Gasteiger partial charge on any atom is 0.116 e. The number of hydrogen-bond acceptors (Lipinski definition) is 3. The van der Waals surface area contributed by atoms with Gasteiger partial charge in [-0.25, -0.2) is 4.99 Å². The first kappa shape index (κ1) is 14.7. The van der Waals surface area contributed by atoms with E-state index in [0.29, 0.717) is 10.7 Å². The second-order valence-corrected chi connectivity index (χ2v) is 6.10. The smallest absolute Gasteiger partial charge is 0.116 e. The molecule has 0 atom stereocenters. The molecule has 2 aromatic rings. The van der Waals surface area contributed by atoms with Gasteiger partial charge in [-0.15, -0.1) is 0 Å². The zero-order chi connectivity index (χ0) is 15.9. The Morgan fingerprint density at radius 2 is 1.82 bits per heavy atom. The molecule has 22 heavy (non-hydrogen) atoms. The average molecular weight is 312 g/mol. The summed E-state index contributed by atoms with van der Waals surface area (Å²) in [5, 5.41) is 0.711. The van der Waals surface area contributed by atoms with Gasteiger partial charge in [-0.2, -0.15) is 0 Å². The minimum absolute atomic E-state index is 0.252. The number of hydrogen-bond donors (Lipinski definition) is 1. The van der Waals surface area contributed by atoms with E-state index >= 15 is 0 Å². The summed E-state index contributed by atoms with van der Waals surface area (Å²) in [6.45, 7) is 8.50. The molecule has 0 amide bonds. The third-order valence-corrected chi connectivity index (χ3v) is 3.92. The lowest BCUT2D eigenvalue weighted by Crippen LogP contribution is -2.34. The number of nitrogens with two attached hydrogens (primary N) is 1. The topological polar surface area (TPSA) is 41.6 Å². The van der Waals surface area contributed by atoms with Gasteiger partial charge < -0.3 is 5.73 Å². The number of aliphatic imine (C=N–C) groups is 1. The summed E-state index contributed by atoms with van der Waals surface area (Å²) < 4.78 is 0. The molecule has 0 saturated carbocycles. The Balaban J connectivity index is 2.16. The predicted molar refractivity (Wildman–Crippen MR) is 95.8 cm³/mol. The minimum Gasteiger partial charge on any atom is -0.399 e. The Bertz CT molecular complexity index is 760. The van der Waals surface area contributed by atoms with E-state index in [1.807, 2.05) is 42.5 Å². The van der Waals surface area contributed by atoms with Crippen LogP contribution in [-0.2, 0) is 0 Å². The maximum atomic E-state index is 6.00. The SMILES string of the molecule is C=C1c2ccc(N)cc2N=C(C(C)C)N1c1ccc(Cl)cc1. The Labute approximate surface area is 135 Å². The highest BCUT2D eigenvalue weighted by Gasteiger charge is 2.26. The number of fused-ring (bicyclic) bond motifs is 1. The van der Waals surface area contributed by atoms with Gasteiger partial charge >= 0.3 is 0 Å². The van der Waals surface area contributed by atoms with Gasteiger partial charge in [0.15, 0.2) is 0 Å². The van der Waals surface area contributed by atoms with Crippen LogP contribution in [0.25, 0.3) is 5.70 Å². The molecule has 0 radical (unpaired) electrons. The van der Waals surface area contributed by atoms with Gasteiger partial charge in [0.2, 0.25) is 0 Å². The van der Waals surface area contributed by atoms with Crippen molar-refractivity contribution in [3.63, 3.8) is 0 Å². The summed E-state index contributed by atoms with van der Waals surface area (Å²) in [6.07, 6.45) is 0. The number of amidine groups is 1. The van der Waals surface area contributed by atoms with Crippen LogP contribution in [0.2, 0.25) is 5.02 Å². The fourth-order valence-electron chi connectivity index (χ4n) is 2.58. The number of rotatable bonds is 2. The van der Waals surface area contributed by atoms with Crippen LogP contribution in [0.4, 0.5) is 17.1 Å². The van der Waals surface area contributed by atoms with Gasteiger partial charge in [0.1, 0.15) is 5.84 Å².